The van der Waals surface area contributed by atoms with Gasteiger partial charge in [-0.1, -0.05) is 11.8 Å². The smallest absolute Gasteiger partial charge is 0.337 e. The van der Waals surface area contributed by atoms with Gasteiger partial charge in [-0.05, 0) is 32.4 Å². The Bertz CT molecular complexity index is 463. The van der Waals surface area contributed by atoms with Crippen molar-refractivity contribution in [1.29, 1.82) is 0 Å². The number of nitrogens with zero attached hydrogens (tertiary/aromatic N) is 1. The second kappa shape index (κ2) is 9.36. The molecule has 0 aromatic carbocycles. The monoisotopic (exact) mass is 312 g/mol. The minimum atomic E-state index is -1.01. The topological polar surface area (TPSA) is 88.5 Å². The highest BCUT2D eigenvalue weighted by molar-refractivity contribution is 7.99. The third-order valence-electron chi connectivity index (χ3n) is 2.43. The SMILES string of the molecule is CC(C)OCCCNC(=O)CSc1ccc(C(=O)O)cn1. The van der Waals surface area contributed by atoms with Gasteiger partial charge in [0.05, 0.1) is 22.4 Å². The van der Waals surface area contributed by atoms with E-state index in [1.54, 1.807) is 6.07 Å². The normalized spacial score (nSPS) is 10.6. The average molecular weight is 312 g/mol. The molecule has 0 atom stereocenters. The van der Waals surface area contributed by atoms with Crippen LogP contribution in [0.3, 0.4) is 0 Å². The lowest BCUT2D eigenvalue weighted by Gasteiger charge is -2.08. The Morgan fingerprint density at radius 2 is 2.19 bits per heavy atom. The van der Waals surface area contributed by atoms with E-state index < -0.39 is 5.97 Å². The first-order valence-electron chi connectivity index (χ1n) is 6.69. The number of carboxylic acid groups (broad SMARTS) is 1. The Labute approximate surface area is 128 Å². The number of hydrogen-bond donors (Lipinski definition) is 2. The molecule has 0 spiro atoms. The van der Waals surface area contributed by atoms with Crippen LogP contribution in [0.15, 0.2) is 23.4 Å². The highest BCUT2D eigenvalue weighted by atomic mass is 32.2. The molecule has 0 radical (unpaired) electrons. The molecule has 0 aliphatic rings. The van der Waals surface area contributed by atoms with Crippen LogP contribution < -0.4 is 5.32 Å². The van der Waals surface area contributed by atoms with E-state index in [1.807, 2.05) is 13.8 Å². The van der Waals surface area contributed by atoms with Crippen LogP contribution in [-0.4, -0.2) is 47.0 Å². The molecule has 0 fully saturated rings. The molecule has 6 nitrogen and oxygen atoms in total. The molecule has 0 saturated carbocycles. The second-order valence-electron chi connectivity index (χ2n) is 4.60. The second-order valence-corrected chi connectivity index (χ2v) is 5.60. The zero-order chi connectivity index (χ0) is 15.7. The summed E-state index contributed by atoms with van der Waals surface area (Å²) in [4.78, 5) is 26.2. The lowest BCUT2D eigenvalue weighted by molar-refractivity contribution is -0.118. The van der Waals surface area contributed by atoms with Crippen molar-refractivity contribution in [2.24, 2.45) is 0 Å². The summed E-state index contributed by atoms with van der Waals surface area (Å²) in [6.07, 6.45) is 2.27. The maximum Gasteiger partial charge on any atom is 0.337 e. The zero-order valence-corrected chi connectivity index (χ0v) is 13.0. The number of rotatable bonds is 9. The Kier molecular flexibility index (Phi) is 7.78. The molecule has 1 amide bonds. The van der Waals surface area contributed by atoms with Crippen LogP contribution in [0, 0.1) is 0 Å². The van der Waals surface area contributed by atoms with Crippen LogP contribution >= 0.6 is 11.8 Å². The number of thioether (sulfide) groups is 1. The molecule has 2 N–H and O–H groups in total. The Hall–Kier alpha value is -1.60. The summed E-state index contributed by atoms with van der Waals surface area (Å²) in [6, 6.07) is 3.07. The highest BCUT2D eigenvalue weighted by Crippen LogP contribution is 2.14. The highest BCUT2D eigenvalue weighted by Gasteiger charge is 2.06. The van der Waals surface area contributed by atoms with E-state index in [9.17, 15) is 9.59 Å². The first-order valence-corrected chi connectivity index (χ1v) is 7.68. The molecule has 0 saturated heterocycles. The van der Waals surface area contributed by atoms with Crippen molar-refractivity contribution >= 4 is 23.6 Å². The van der Waals surface area contributed by atoms with E-state index >= 15 is 0 Å². The summed E-state index contributed by atoms with van der Waals surface area (Å²) in [5, 5.41) is 12.2. The molecule has 1 heterocycles. The fourth-order valence-electron chi connectivity index (χ4n) is 1.40. The van der Waals surface area contributed by atoms with Crippen molar-refractivity contribution in [3.05, 3.63) is 23.9 Å². The van der Waals surface area contributed by atoms with Crippen LogP contribution in [-0.2, 0) is 9.53 Å². The largest absolute Gasteiger partial charge is 0.478 e. The number of pyridine rings is 1. The van der Waals surface area contributed by atoms with Crippen LogP contribution in [0.1, 0.15) is 30.6 Å². The lowest BCUT2D eigenvalue weighted by Crippen LogP contribution is -2.27. The molecule has 0 unspecified atom stereocenters. The van der Waals surface area contributed by atoms with Crippen molar-refractivity contribution in [1.82, 2.24) is 10.3 Å². The number of aromatic nitrogens is 1. The molecule has 0 bridgehead atoms. The maximum atomic E-state index is 11.6. The summed E-state index contributed by atoms with van der Waals surface area (Å²) in [5.74, 6) is -0.834. The molecule has 0 aliphatic carbocycles. The third kappa shape index (κ3) is 7.67. The van der Waals surface area contributed by atoms with Gasteiger partial charge in [0.25, 0.3) is 0 Å². The average Bonchev–Trinajstić information content (AvgIpc) is 2.44. The first-order chi connectivity index (χ1) is 9.99. The molecule has 21 heavy (non-hydrogen) atoms. The number of carboxylic acids is 1. The van der Waals surface area contributed by atoms with Gasteiger partial charge in [0.15, 0.2) is 0 Å². The Morgan fingerprint density at radius 1 is 1.43 bits per heavy atom. The molecule has 116 valence electrons. The summed E-state index contributed by atoms with van der Waals surface area (Å²) in [7, 11) is 0. The van der Waals surface area contributed by atoms with Crippen molar-refractivity contribution in [2.75, 3.05) is 18.9 Å². The van der Waals surface area contributed by atoms with E-state index in [0.717, 1.165) is 6.42 Å². The maximum absolute atomic E-state index is 11.6. The number of nitrogens with one attached hydrogen (secondary N) is 1. The lowest BCUT2D eigenvalue weighted by atomic mass is 10.3. The quantitative estimate of drug-likeness (QED) is 0.534. The predicted molar refractivity (Wildman–Crippen MR) is 80.6 cm³/mol. The van der Waals surface area contributed by atoms with E-state index in [2.05, 4.69) is 10.3 Å². The van der Waals surface area contributed by atoms with Crippen molar-refractivity contribution < 1.29 is 19.4 Å². The number of hydrogen-bond acceptors (Lipinski definition) is 5. The van der Waals surface area contributed by atoms with Crippen LogP contribution in [0.4, 0.5) is 0 Å². The van der Waals surface area contributed by atoms with Crippen LogP contribution in [0.5, 0.6) is 0 Å². The van der Waals surface area contributed by atoms with Crippen molar-refractivity contribution in [3.8, 4) is 0 Å². The van der Waals surface area contributed by atoms with Gasteiger partial charge in [0.2, 0.25) is 5.91 Å². The van der Waals surface area contributed by atoms with Crippen molar-refractivity contribution in [2.45, 2.75) is 31.4 Å². The van der Waals surface area contributed by atoms with Crippen LogP contribution in [0.25, 0.3) is 0 Å². The molecular weight excluding hydrogens is 292 g/mol. The number of carbonyl (C=O) groups is 2. The summed E-state index contributed by atoms with van der Waals surface area (Å²) in [6.45, 7) is 5.15. The number of ether oxygens (including phenoxy) is 1. The molecule has 1 aromatic rings. The zero-order valence-electron chi connectivity index (χ0n) is 12.2. The Morgan fingerprint density at radius 3 is 2.76 bits per heavy atom. The van der Waals surface area contributed by atoms with Gasteiger partial charge in [-0.25, -0.2) is 9.78 Å². The summed E-state index contributed by atoms with van der Waals surface area (Å²) < 4.78 is 5.37. The van der Waals surface area contributed by atoms with Gasteiger partial charge in [0.1, 0.15) is 0 Å². The number of aromatic carboxylic acids is 1. The van der Waals surface area contributed by atoms with E-state index in [0.29, 0.717) is 18.2 Å². The summed E-state index contributed by atoms with van der Waals surface area (Å²) >= 11 is 1.27. The van der Waals surface area contributed by atoms with Gasteiger partial charge in [-0.15, -0.1) is 0 Å². The fraction of sp³-hybridized carbons (Fsp3) is 0.500. The number of amides is 1. The van der Waals surface area contributed by atoms with Gasteiger partial charge in [-0.3, -0.25) is 4.79 Å². The van der Waals surface area contributed by atoms with Crippen molar-refractivity contribution in [3.63, 3.8) is 0 Å². The van der Waals surface area contributed by atoms with Gasteiger partial charge >= 0.3 is 5.97 Å². The molecule has 1 aromatic heterocycles. The third-order valence-corrected chi connectivity index (χ3v) is 3.37. The number of carbonyl (C=O) groups excluding carboxylic acids is 1. The Balaban J connectivity index is 2.19. The first kappa shape index (κ1) is 17.5. The fourth-order valence-corrected chi connectivity index (χ4v) is 2.07. The predicted octanol–water partition coefficient (Wildman–Crippen LogP) is 1.80. The minimum Gasteiger partial charge on any atom is -0.478 e. The van der Waals surface area contributed by atoms with Gasteiger partial charge < -0.3 is 15.2 Å². The van der Waals surface area contributed by atoms with E-state index in [4.69, 9.17) is 9.84 Å². The summed E-state index contributed by atoms with van der Waals surface area (Å²) in [5.41, 5.74) is 0.133. The minimum absolute atomic E-state index is 0.0753. The molecule has 7 heteroatoms. The van der Waals surface area contributed by atoms with Gasteiger partial charge in [0, 0.05) is 19.3 Å². The van der Waals surface area contributed by atoms with Gasteiger partial charge in [-0.2, -0.15) is 0 Å². The van der Waals surface area contributed by atoms with E-state index in [-0.39, 0.29) is 23.3 Å². The molecule has 1 rings (SSSR count). The van der Waals surface area contributed by atoms with Crippen LogP contribution in [0.2, 0.25) is 0 Å². The van der Waals surface area contributed by atoms with E-state index in [1.165, 1.54) is 24.0 Å². The molecular formula is C14H20N2O4S. The standard InChI is InChI=1S/C14H20N2O4S/c1-10(2)20-7-3-6-15-12(17)9-21-13-5-4-11(8-16-13)14(18)19/h4-5,8,10H,3,6-7,9H2,1-2H3,(H,15,17)(H,18,19). The molecule has 0 aliphatic heterocycles.